The van der Waals surface area contributed by atoms with Gasteiger partial charge in [0, 0.05) is 10.7 Å². The molecule has 0 aliphatic rings. The SMILES string of the molecule is CCc1ccccc1NC(=O)c1cc(Cl)cc(Cl)c1NC(=O)c1ccco1. The number of benzene rings is 2. The number of aryl methyl sites for hydroxylation is 1. The predicted octanol–water partition coefficient (Wildman–Crippen LogP) is 5.65. The van der Waals surface area contributed by atoms with E-state index in [0.717, 1.165) is 12.0 Å². The fraction of sp³-hybridized carbons (Fsp3) is 0.100. The number of anilines is 2. The van der Waals surface area contributed by atoms with Crippen molar-refractivity contribution in [1.82, 2.24) is 0 Å². The molecule has 0 radical (unpaired) electrons. The van der Waals surface area contributed by atoms with Crippen LogP contribution in [-0.4, -0.2) is 11.8 Å². The summed E-state index contributed by atoms with van der Waals surface area (Å²) in [6.45, 7) is 2.00. The normalized spacial score (nSPS) is 10.5. The second-order valence-electron chi connectivity index (χ2n) is 5.71. The molecule has 0 saturated carbocycles. The molecule has 0 aliphatic carbocycles. The maximum absolute atomic E-state index is 12.9. The third-order valence-corrected chi connectivity index (χ3v) is 4.45. The molecule has 0 spiro atoms. The molecule has 0 aliphatic heterocycles. The summed E-state index contributed by atoms with van der Waals surface area (Å²) in [5.41, 5.74) is 1.98. The van der Waals surface area contributed by atoms with Crippen LogP contribution in [-0.2, 0) is 6.42 Å². The molecule has 1 aromatic heterocycles. The van der Waals surface area contributed by atoms with Crippen molar-refractivity contribution in [3.8, 4) is 0 Å². The molecule has 0 bridgehead atoms. The number of carbonyl (C=O) groups excluding carboxylic acids is 2. The van der Waals surface area contributed by atoms with E-state index in [1.54, 1.807) is 6.07 Å². The zero-order chi connectivity index (χ0) is 19.4. The molecule has 138 valence electrons. The largest absolute Gasteiger partial charge is 0.459 e. The van der Waals surface area contributed by atoms with Gasteiger partial charge in [-0.05, 0) is 42.3 Å². The predicted molar refractivity (Wildman–Crippen MR) is 107 cm³/mol. The lowest BCUT2D eigenvalue weighted by Crippen LogP contribution is -2.19. The minimum atomic E-state index is -0.521. The highest BCUT2D eigenvalue weighted by Crippen LogP contribution is 2.31. The van der Waals surface area contributed by atoms with Gasteiger partial charge in [-0.15, -0.1) is 0 Å². The van der Waals surface area contributed by atoms with E-state index in [9.17, 15) is 9.59 Å². The van der Waals surface area contributed by atoms with E-state index in [1.807, 2.05) is 31.2 Å². The molecular weight excluding hydrogens is 387 g/mol. The van der Waals surface area contributed by atoms with E-state index in [1.165, 1.54) is 24.5 Å². The van der Waals surface area contributed by atoms with Crippen LogP contribution in [0.15, 0.2) is 59.2 Å². The molecule has 0 saturated heterocycles. The van der Waals surface area contributed by atoms with E-state index in [2.05, 4.69) is 10.6 Å². The molecular formula is C20H16Cl2N2O3. The lowest BCUT2D eigenvalue weighted by Gasteiger charge is -2.14. The Balaban J connectivity index is 1.94. The topological polar surface area (TPSA) is 71.3 Å². The molecule has 5 nitrogen and oxygen atoms in total. The molecule has 2 N–H and O–H groups in total. The van der Waals surface area contributed by atoms with Crippen molar-refractivity contribution in [3.05, 3.63) is 81.7 Å². The molecule has 1 heterocycles. The van der Waals surface area contributed by atoms with Gasteiger partial charge in [0.25, 0.3) is 11.8 Å². The summed E-state index contributed by atoms with van der Waals surface area (Å²) in [6, 6.07) is 13.5. The maximum Gasteiger partial charge on any atom is 0.291 e. The second kappa shape index (κ2) is 8.29. The number of amides is 2. The van der Waals surface area contributed by atoms with Gasteiger partial charge in [0.05, 0.1) is 22.5 Å². The molecule has 0 atom stereocenters. The first-order chi connectivity index (χ1) is 13.0. The summed E-state index contributed by atoms with van der Waals surface area (Å²) in [5.74, 6) is -0.856. The van der Waals surface area contributed by atoms with Crippen molar-refractivity contribution in [2.75, 3.05) is 10.6 Å². The Hall–Kier alpha value is -2.76. The van der Waals surface area contributed by atoms with Gasteiger partial charge in [-0.25, -0.2) is 0 Å². The zero-order valence-electron chi connectivity index (χ0n) is 14.4. The Kier molecular flexibility index (Phi) is 5.84. The second-order valence-corrected chi connectivity index (χ2v) is 6.55. The van der Waals surface area contributed by atoms with Crippen LogP contribution in [0.1, 0.15) is 33.4 Å². The fourth-order valence-electron chi connectivity index (χ4n) is 2.60. The quantitative estimate of drug-likeness (QED) is 0.578. The highest BCUT2D eigenvalue weighted by molar-refractivity contribution is 6.38. The van der Waals surface area contributed by atoms with Crippen LogP contribution in [0.25, 0.3) is 0 Å². The van der Waals surface area contributed by atoms with E-state index < -0.39 is 11.8 Å². The lowest BCUT2D eigenvalue weighted by molar-refractivity contribution is 0.0996. The van der Waals surface area contributed by atoms with Gasteiger partial charge in [-0.1, -0.05) is 48.3 Å². The van der Waals surface area contributed by atoms with Crippen LogP contribution in [0, 0.1) is 0 Å². The van der Waals surface area contributed by atoms with Crippen molar-refractivity contribution in [2.45, 2.75) is 13.3 Å². The highest BCUT2D eigenvalue weighted by Gasteiger charge is 2.20. The summed E-state index contributed by atoms with van der Waals surface area (Å²) in [5, 5.41) is 5.90. The zero-order valence-corrected chi connectivity index (χ0v) is 15.9. The van der Waals surface area contributed by atoms with Crippen molar-refractivity contribution in [1.29, 1.82) is 0 Å². The van der Waals surface area contributed by atoms with Gasteiger partial charge < -0.3 is 15.1 Å². The van der Waals surface area contributed by atoms with Gasteiger partial charge in [0.15, 0.2) is 5.76 Å². The molecule has 7 heteroatoms. The number of hydrogen-bond donors (Lipinski definition) is 2. The number of nitrogens with one attached hydrogen (secondary N) is 2. The first-order valence-corrected chi connectivity index (χ1v) is 8.98. The molecule has 0 unspecified atom stereocenters. The number of para-hydroxylation sites is 1. The molecule has 3 rings (SSSR count). The van der Waals surface area contributed by atoms with Gasteiger partial charge >= 0.3 is 0 Å². The highest BCUT2D eigenvalue weighted by atomic mass is 35.5. The summed E-state index contributed by atoms with van der Waals surface area (Å²) in [4.78, 5) is 25.2. The van der Waals surface area contributed by atoms with Crippen LogP contribution >= 0.6 is 23.2 Å². The van der Waals surface area contributed by atoms with Crippen molar-refractivity contribution in [3.63, 3.8) is 0 Å². The van der Waals surface area contributed by atoms with Crippen LogP contribution in [0.5, 0.6) is 0 Å². The number of hydrogen-bond acceptors (Lipinski definition) is 3. The average Bonchev–Trinajstić information content (AvgIpc) is 3.19. The van der Waals surface area contributed by atoms with Crippen molar-refractivity contribution >= 4 is 46.4 Å². The van der Waals surface area contributed by atoms with Crippen LogP contribution in [0.3, 0.4) is 0 Å². The van der Waals surface area contributed by atoms with Crippen molar-refractivity contribution < 1.29 is 14.0 Å². The minimum Gasteiger partial charge on any atom is -0.459 e. The summed E-state index contributed by atoms with van der Waals surface area (Å²) in [6.07, 6.45) is 2.14. The summed E-state index contributed by atoms with van der Waals surface area (Å²) >= 11 is 12.3. The summed E-state index contributed by atoms with van der Waals surface area (Å²) < 4.78 is 5.08. The Morgan fingerprint density at radius 3 is 2.48 bits per heavy atom. The first-order valence-electron chi connectivity index (χ1n) is 8.22. The number of halogens is 2. The van der Waals surface area contributed by atoms with E-state index in [-0.39, 0.29) is 27.1 Å². The molecule has 0 fully saturated rings. The van der Waals surface area contributed by atoms with Crippen LogP contribution < -0.4 is 10.6 Å². The Morgan fingerprint density at radius 1 is 1.00 bits per heavy atom. The third kappa shape index (κ3) is 4.32. The Bertz CT molecular complexity index is 985. The van der Waals surface area contributed by atoms with E-state index in [0.29, 0.717) is 5.69 Å². The Morgan fingerprint density at radius 2 is 1.78 bits per heavy atom. The first kappa shape index (κ1) is 19.0. The van der Waals surface area contributed by atoms with E-state index >= 15 is 0 Å². The Labute approximate surface area is 166 Å². The van der Waals surface area contributed by atoms with Gasteiger partial charge in [-0.2, -0.15) is 0 Å². The summed E-state index contributed by atoms with van der Waals surface area (Å²) in [7, 11) is 0. The maximum atomic E-state index is 12.9. The fourth-order valence-corrected chi connectivity index (χ4v) is 3.14. The smallest absolute Gasteiger partial charge is 0.291 e. The van der Waals surface area contributed by atoms with Crippen molar-refractivity contribution in [2.24, 2.45) is 0 Å². The van der Waals surface area contributed by atoms with E-state index in [4.69, 9.17) is 27.6 Å². The number of carbonyl (C=O) groups is 2. The standard InChI is InChI=1S/C20H16Cl2N2O3/c1-2-12-6-3-4-7-16(12)23-19(25)14-10-13(21)11-15(22)18(14)24-20(26)17-8-5-9-27-17/h3-11H,2H2,1H3,(H,23,25)(H,24,26). The van der Waals surface area contributed by atoms with Crippen LogP contribution in [0.4, 0.5) is 11.4 Å². The van der Waals surface area contributed by atoms with Gasteiger partial charge in [-0.3, -0.25) is 9.59 Å². The molecule has 2 aromatic carbocycles. The number of rotatable bonds is 5. The molecule has 3 aromatic rings. The molecule has 27 heavy (non-hydrogen) atoms. The molecule has 2 amide bonds. The third-order valence-electron chi connectivity index (χ3n) is 3.93. The average molecular weight is 403 g/mol. The van der Waals surface area contributed by atoms with Gasteiger partial charge in [0.2, 0.25) is 0 Å². The minimum absolute atomic E-state index is 0.101. The number of furan rings is 1. The monoisotopic (exact) mass is 402 g/mol. The van der Waals surface area contributed by atoms with Gasteiger partial charge in [0.1, 0.15) is 0 Å². The lowest BCUT2D eigenvalue weighted by atomic mass is 10.1. The van der Waals surface area contributed by atoms with Crippen LogP contribution in [0.2, 0.25) is 10.0 Å².